The predicted octanol–water partition coefficient (Wildman–Crippen LogP) is 2.48. The van der Waals surface area contributed by atoms with Crippen LogP contribution in [0.2, 0.25) is 0 Å². The molecule has 0 spiro atoms. The summed E-state index contributed by atoms with van der Waals surface area (Å²) in [7, 11) is 0. The smallest absolute Gasteiger partial charge is 0.251 e. The second kappa shape index (κ2) is 7.12. The Bertz CT molecular complexity index is 150. The fraction of sp³-hybridized carbons (Fsp3) is 1.00. The van der Waals surface area contributed by atoms with Crippen molar-refractivity contribution in [2.75, 3.05) is 19.6 Å². The van der Waals surface area contributed by atoms with Gasteiger partial charge in [-0.3, -0.25) is 4.90 Å². The molecule has 0 aromatic carbocycles. The predicted molar refractivity (Wildman–Crippen MR) is 60.2 cm³/mol. The van der Waals surface area contributed by atoms with Gasteiger partial charge >= 0.3 is 0 Å². The van der Waals surface area contributed by atoms with Crippen LogP contribution in [0.15, 0.2) is 0 Å². The first-order valence-electron chi connectivity index (χ1n) is 5.79. The van der Waals surface area contributed by atoms with Crippen molar-refractivity contribution in [2.24, 2.45) is 5.73 Å². The number of rotatable bonds is 8. The van der Waals surface area contributed by atoms with Crippen molar-refractivity contribution >= 4 is 0 Å². The molecule has 0 aliphatic heterocycles. The summed E-state index contributed by atoms with van der Waals surface area (Å²) in [4.78, 5) is 1.86. The van der Waals surface area contributed by atoms with Gasteiger partial charge in [-0.1, -0.05) is 20.8 Å². The highest BCUT2D eigenvalue weighted by molar-refractivity contribution is 4.89. The quantitative estimate of drug-likeness (QED) is 0.683. The van der Waals surface area contributed by atoms with Crippen molar-refractivity contribution in [3.8, 4) is 0 Å². The van der Waals surface area contributed by atoms with Gasteiger partial charge in [0.1, 0.15) is 0 Å². The lowest BCUT2D eigenvalue weighted by Crippen LogP contribution is -2.54. The first-order chi connectivity index (χ1) is 7.06. The van der Waals surface area contributed by atoms with Crippen molar-refractivity contribution in [3.63, 3.8) is 0 Å². The highest BCUT2D eigenvalue weighted by Crippen LogP contribution is 2.24. The average Bonchev–Trinajstić information content (AvgIpc) is 2.21. The molecule has 15 heavy (non-hydrogen) atoms. The van der Waals surface area contributed by atoms with E-state index in [9.17, 15) is 8.78 Å². The van der Waals surface area contributed by atoms with Crippen LogP contribution in [-0.2, 0) is 0 Å². The van der Waals surface area contributed by atoms with Gasteiger partial charge in [-0.15, -0.1) is 0 Å². The van der Waals surface area contributed by atoms with E-state index in [0.717, 1.165) is 19.3 Å². The molecular weight excluding hydrogens is 198 g/mol. The number of alkyl halides is 2. The summed E-state index contributed by atoms with van der Waals surface area (Å²) in [5.41, 5.74) is 5.51. The molecule has 2 N–H and O–H groups in total. The largest absolute Gasteiger partial charge is 0.329 e. The second-order valence-corrected chi connectivity index (χ2v) is 3.97. The maximum atomic E-state index is 12.5. The summed E-state index contributed by atoms with van der Waals surface area (Å²) >= 11 is 0. The van der Waals surface area contributed by atoms with Gasteiger partial charge in [0.05, 0.1) is 6.54 Å². The molecule has 0 saturated carbocycles. The minimum absolute atomic E-state index is 0.160. The Hall–Kier alpha value is -0.220. The summed E-state index contributed by atoms with van der Waals surface area (Å²) in [5, 5.41) is 0. The fourth-order valence-electron chi connectivity index (χ4n) is 2.07. The van der Waals surface area contributed by atoms with Crippen LogP contribution in [0.3, 0.4) is 0 Å². The number of hydrogen-bond donors (Lipinski definition) is 1. The number of hydrogen-bond acceptors (Lipinski definition) is 2. The van der Waals surface area contributed by atoms with E-state index in [0.29, 0.717) is 13.1 Å². The molecule has 0 amide bonds. The van der Waals surface area contributed by atoms with Gasteiger partial charge < -0.3 is 5.73 Å². The Morgan fingerprint density at radius 2 is 1.73 bits per heavy atom. The summed E-state index contributed by atoms with van der Waals surface area (Å²) in [6.07, 6.45) is 0.258. The zero-order valence-electron chi connectivity index (χ0n) is 10.1. The topological polar surface area (TPSA) is 29.3 Å². The molecule has 0 aromatic heterocycles. The normalized spacial score (nSPS) is 12.8. The van der Waals surface area contributed by atoms with Crippen LogP contribution in [0, 0.1) is 0 Å². The Morgan fingerprint density at radius 3 is 2.00 bits per heavy atom. The van der Waals surface area contributed by atoms with Gasteiger partial charge in [-0.2, -0.15) is 0 Å². The Balaban J connectivity index is 4.65. The van der Waals surface area contributed by atoms with Crippen molar-refractivity contribution in [3.05, 3.63) is 0 Å². The number of nitrogens with two attached hydrogens (primary N) is 1. The van der Waals surface area contributed by atoms with E-state index < -0.39 is 6.43 Å². The summed E-state index contributed by atoms with van der Waals surface area (Å²) in [6.45, 7) is 7.03. The summed E-state index contributed by atoms with van der Waals surface area (Å²) < 4.78 is 24.9. The zero-order chi connectivity index (χ0) is 11.9. The van der Waals surface area contributed by atoms with Crippen molar-refractivity contribution in [2.45, 2.75) is 52.0 Å². The summed E-state index contributed by atoms with van der Waals surface area (Å²) in [6, 6.07) is 0. The molecule has 0 aromatic rings. The van der Waals surface area contributed by atoms with Gasteiger partial charge in [0.2, 0.25) is 0 Å². The molecule has 0 aliphatic rings. The fourth-order valence-corrected chi connectivity index (χ4v) is 2.07. The Kier molecular flexibility index (Phi) is 7.02. The van der Waals surface area contributed by atoms with E-state index in [4.69, 9.17) is 5.73 Å². The monoisotopic (exact) mass is 222 g/mol. The van der Waals surface area contributed by atoms with Crippen LogP contribution in [0.5, 0.6) is 0 Å². The highest BCUT2D eigenvalue weighted by Gasteiger charge is 2.32. The molecule has 0 rings (SSSR count). The molecule has 0 atom stereocenters. The molecular formula is C11H24F2N2. The molecule has 0 unspecified atom stereocenters. The first kappa shape index (κ1) is 14.8. The van der Waals surface area contributed by atoms with E-state index in [1.807, 2.05) is 25.7 Å². The van der Waals surface area contributed by atoms with Crippen LogP contribution in [0.4, 0.5) is 8.78 Å². The third-order valence-electron chi connectivity index (χ3n) is 3.22. The number of nitrogens with zero attached hydrogens (tertiary/aromatic N) is 1. The molecule has 4 heteroatoms. The lowest BCUT2D eigenvalue weighted by atomic mass is 9.90. The van der Waals surface area contributed by atoms with Gasteiger partial charge in [0, 0.05) is 12.1 Å². The minimum Gasteiger partial charge on any atom is -0.329 e. The first-order valence-corrected chi connectivity index (χ1v) is 5.79. The van der Waals surface area contributed by atoms with Gasteiger partial charge in [-0.05, 0) is 25.8 Å². The molecule has 0 aliphatic carbocycles. The van der Waals surface area contributed by atoms with Crippen molar-refractivity contribution in [1.82, 2.24) is 4.90 Å². The van der Waals surface area contributed by atoms with Gasteiger partial charge in [-0.25, -0.2) is 8.78 Å². The van der Waals surface area contributed by atoms with Crippen molar-refractivity contribution < 1.29 is 8.78 Å². The lowest BCUT2D eigenvalue weighted by Gasteiger charge is -2.42. The van der Waals surface area contributed by atoms with Gasteiger partial charge in [0.15, 0.2) is 0 Å². The summed E-state index contributed by atoms with van der Waals surface area (Å²) in [5.74, 6) is 0. The highest BCUT2D eigenvalue weighted by atomic mass is 19.3. The van der Waals surface area contributed by atoms with E-state index in [2.05, 4.69) is 0 Å². The molecule has 92 valence electrons. The second-order valence-electron chi connectivity index (χ2n) is 3.97. The third kappa shape index (κ3) is 4.03. The van der Waals surface area contributed by atoms with Crippen LogP contribution < -0.4 is 5.73 Å². The maximum Gasteiger partial charge on any atom is 0.251 e. The van der Waals surface area contributed by atoms with Crippen LogP contribution >= 0.6 is 0 Å². The van der Waals surface area contributed by atoms with Gasteiger partial charge in [0.25, 0.3) is 6.43 Å². The third-order valence-corrected chi connectivity index (χ3v) is 3.22. The van der Waals surface area contributed by atoms with E-state index in [-0.39, 0.29) is 12.1 Å². The molecule has 0 saturated heterocycles. The standard InChI is InChI=1S/C11H24F2N2/c1-4-7-15(8-10(12)13)11(5-2,6-3)9-14/h10H,4-9,14H2,1-3H3. The molecule has 0 radical (unpaired) electrons. The van der Waals surface area contributed by atoms with Crippen molar-refractivity contribution in [1.29, 1.82) is 0 Å². The lowest BCUT2D eigenvalue weighted by molar-refractivity contribution is 0.0170. The number of halogens is 2. The zero-order valence-corrected chi connectivity index (χ0v) is 10.1. The SMILES string of the molecule is CCCN(CC(F)F)C(CC)(CC)CN. The Labute approximate surface area is 91.8 Å². The molecule has 0 bridgehead atoms. The van der Waals surface area contributed by atoms with E-state index in [1.54, 1.807) is 0 Å². The van der Waals surface area contributed by atoms with E-state index >= 15 is 0 Å². The van der Waals surface area contributed by atoms with Crippen LogP contribution in [-0.4, -0.2) is 36.5 Å². The molecule has 0 heterocycles. The van der Waals surface area contributed by atoms with E-state index in [1.165, 1.54) is 0 Å². The molecule has 0 fully saturated rings. The minimum atomic E-state index is -2.28. The maximum absolute atomic E-state index is 12.5. The average molecular weight is 222 g/mol. The van der Waals surface area contributed by atoms with Crippen LogP contribution in [0.1, 0.15) is 40.0 Å². The Morgan fingerprint density at radius 1 is 1.20 bits per heavy atom. The molecule has 2 nitrogen and oxygen atoms in total. The van der Waals surface area contributed by atoms with Crippen LogP contribution in [0.25, 0.3) is 0 Å².